The molecule has 0 aliphatic rings. The van der Waals surface area contributed by atoms with E-state index >= 15 is 0 Å². The van der Waals surface area contributed by atoms with E-state index in [0.29, 0.717) is 23.2 Å². The summed E-state index contributed by atoms with van der Waals surface area (Å²) in [5.74, 6) is 0. The zero-order valence-electron chi connectivity index (χ0n) is 12.6. The molecule has 104 valence electrons. The highest BCUT2D eigenvalue weighted by atomic mass is 28.4. The smallest absolute Gasteiger partial charge is 0.200 e. The second kappa shape index (κ2) is 8.28. The van der Waals surface area contributed by atoms with Crippen LogP contribution in [0.1, 0.15) is 60.8 Å². The van der Waals surface area contributed by atoms with Crippen LogP contribution in [0.25, 0.3) is 0 Å². The fraction of sp³-hybridized carbons (Fsp3) is 1.00. The molecule has 0 saturated carbocycles. The second-order valence-corrected chi connectivity index (χ2v) is 11.4. The van der Waals surface area contributed by atoms with Crippen molar-refractivity contribution in [1.29, 1.82) is 0 Å². The third-order valence-corrected chi connectivity index (χ3v) is 9.98. The van der Waals surface area contributed by atoms with Gasteiger partial charge in [-0.3, -0.25) is 0 Å². The molecule has 1 N–H and O–H groups in total. The summed E-state index contributed by atoms with van der Waals surface area (Å²) in [6, 6.07) is 0. The SMILES string of the molecule is CC(C)[Si](OCCCCCO)(C(C)C)C(C)C. The molecule has 2 nitrogen and oxygen atoms in total. The predicted octanol–water partition coefficient (Wildman–Crippen LogP) is 4.34. The maximum absolute atomic E-state index is 8.76. The molecule has 3 heteroatoms. The third-order valence-electron chi connectivity index (χ3n) is 3.86. The Morgan fingerprint density at radius 1 is 0.824 bits per heavy atom. The van der Waals surface area contributed by atoms with Crippen molar-refractivity contribution in [2.45, 2.75) is 77.4 Å². The first-order valence-corrected chi connectivity index (χ1v) is 9.28. The molecular formula is C14H32O2Si. The average molecular weight is 260 g/mol. The molecule has 0 fully saturated rings. The average Bonchev–Trinajstić information content (AvgIpc) is 2.21. The summed E-state index contributed by atoms with van der Waals surface area (Å²) >= 11 is 0. The minimum absolute atomic E-state index is 0.307. The van der Waals surface area contributed by atoms with Crippen LogP contribution in [0.4, 0.5) is 0 Å². The van der Waals surface area contributed by atoms with Crippen molar-refractivity contribution >= 4 is 8.32 Å². The van der Waals surface area contributed by atoms with Gasteiger partial charge in [-0.15, -0.1) is 0 Å². The van der Waals surface area contributed by atoms with E-state index in [9.17, 15) is 0 Å². The molecule has 0 aliphatic carbocycles. The van der Waals surface area contributed by atoms with E-state index < -0.39 is 8.32 Å². The van der Waals surface area contributed by atoms with Gasteiger partial charge in [0.05, 0.1) is 0 Å². The normalized spacial score (nSPS) is 13.1. The molecule has 0 unspecified atom stereocenters. The van der Waals surface area contributed by atoms with Gasteiger partial charge in [0.1, 0.15) is 0 Å². The molecular weight excluding hydrogens is 228 g/mol. The van der Waals surface area contributed by atoms with Gasteiger partial charge in [0.15, 0.2) is 8.32 Å². The molecule has 17 heavy (non-hydrogen) atoms. The Morgan fingerprint density at radius 3 is 1.65 bits per heavy atom. The monoisotopic (exact) mass is 260 g/mol. The van der Waals surface area contributed by atoms with Gasteiger partial charge in [-0.1, -0.05) is 41.5 Å². The van der Waals surface area contributed by atoms with Crippen LogP contribution < -0.4 is 0 Å². The van der Waals surface area contributed by atoms with Crippen LogP contribution in [0.5, 0.6) is 0 Å². The van der Waals surface area contributed by atoms with Crippen molar-refractivity contribution in [2.75, 3.05) is 13.2 Å². The van der Waals surface area contributed by atoms with E-state index in [1.807, 2.05) is 0 Å². The summed E-state index contributed by atoms with van der Waals surface area (Å²) in [5.41, 5.74) is 2.00. The fourth-order valence-corrected chi connectivity index (χ4v) is 8.64. The molecule has 0 bridgehead atoms. The number of aliphatic hydroxyl groups excluding tert-OH is 1. The number of hydrogen-bond donors (Lipinski definition) is 1. The van der Waals surface area contributed by atoms with Gasteiger partial charge in [0.25, 0.3) is 0 Å². The lowest BCUT2D eigenvalue weighted by atomic mass is 10.2. The molecule has 0 aromatic rings. The highest BCUT2D eigenvalue weighted by molar-refractivity contribution is 6.77. The van der Waals surface area contributed by atoms with Crippen molar-refractivity contribution < 1.29 is 9.53 Å². The minimum atomic E-state index is -1.65. The van der Waals surface area contributed by atoms with Gasteiger partial charge >= 0.3 is 0 Å². The van der Waals surface area contributed by atoms with Gasteiger partial charge < -0.3 is 9.53 Å². The quantitative estimate of drug-likeness (QED) is 0.493. The Hall–Kier alpha value is 0.137. The highest BCUT2D eigenvalue weighted by Crippen LogP contribution is 2.42. The topological polar surface area (TPSA) is 29.5 Å². The number of hydrogen-bond acceptors (Lipinski definition) is 2. The largest absolute Gasteiger partial charge is 0.416 e. The summed E-state index contributed by atoms with van der Waals surface area (Å²) in [6.45, 7) is 15.1. The summed E-state index contributed by atoms with van der Waals surface area (Å²) in [4.78, 5) is 0. The zero-order chi connectivity index (χ0) is 13.5. The molecule has 0 radical (unpaired) electrons. The second-order valence-electron chi connectivity index (χ2n) is 5.95. The first-order valence-electron chi connectivity index (χ1n) is 7.14. The number of unbranched alkanes of at least 4 members (excludes halogenated alkanes) is 2. The van der Waals surface area contributed by atoms with Crippen molar-refractivity contribution in [2.24, 2.45) is 0 Å². The van der Waals surface area contributed by atoms with Gasteiger partial charge in [0.2, 0.25) is 0 Å². The molecule has 0 aromatic carbocycles. The van der Waals surface area contributed by atoms with Crippen LogP contribution in [0.2, 0.25) is 16.6 Å². The molecule has 0 saturated heterocycles. The first-order chi connectivity index (χ1) is 7.89. The Kier molecular flexibility index (Phi) is 8.34. The van der Waals surface area contributed by atoms with Crippen LogP contribution in [0.15, 0.2) is 0 Å². The molecule has 0 aromatic heterocycles. The lowest BCUT2D eigenvalue weighted by Gasteiger charge is -2.42. The van der Waals surface area contributed by atoms with Gasteiger partial charge in [0, 0.05) is 13.2 Å². The van der Waals surface area contributed by atoms with Crippen molar-refractivity contribution in [3.63, 3.8) is 0 Å². The maximum atomic E-state index is 8.76. The molecule has 0 rings (SSSR count). The van der Waals surface area contributed by atoms with Gasteiger partial charge in [-0.25, -0.2) is 0 Å². The van der Waals surface area contributed by atoms with Gasteiger partial charge in [-0.05, 0) is 35.9 Å². The highest BCUT2D eigenvalue weighted by Gasteiger charge is 2.44. The summed E-state index contributed by atoms with van der Waals surface area (Å²) in [6.07, 6.45) is 3.07. The lowest BCUT2D eigenvalue weighted by molar-refractivity contribution is 0.250. The summed E-state index contributed by atoms with van der Waals surface area (Å²) in [7, 11) is -1.65. The zero-order valence-corrected chi connectivity index (χ0v) is 13.6. The van der Waals surface area contributed by atoms with Crippen LogP contribution in [0, 0.1) is 0 Å². The van der Waals surface area contributed by atoms with Crippen molar-refractivity contribution in [3.8, 4) is 0 Å². The first kappa shape index (κ1) is 17.1. The Morgan fingerprint density at radius 2 is 1.29 bits per heavy atom. The Labute approximate surface area is 109 Å². The summed E-state index contributed by atoms with van der Waals surface area (Å²) < 4.78 is 6.42. The van der Waals surface area contributed by atoms with E-state index in [-0.39, 0.29) is 0 Å². The van der Waals surface area contributed by atoms with Crippen LogP contribution >= 0.6 is 0 Å². The standard InChI is InChI=1S/C14H32O2Si/c1-12(2)17(13(3)4,14(5)6)16-11-9-7-8-10-15/h12-15H,7-11H2,1-6H3. The van der Waals surface area contributed by atoms with Crippen molar-refractivity contribution in [3.05, 3.63) is 0 Å². The van der Waals surface area contributed by atoms with E-state index in [4.69, 9.17) is 9.53 Å². The van der Waals surface area contributed by atoms with Crippen molar-refractivity contribution in [1.82, 2.24) is 0 Å². The molecule has 0 aliphatic heterocycles. The molecule has 0 atom stereocenters. The lowest BCUT2D eigenvalue weighted by Crippen LogP contribution is -2.47. The summed E-state index contributed by atoms with van der Waals surface area (Å²) in [5, 5.41) is 8.76. The molecule has 0 heterocycles. The maximum Gasteiger partial charge on any atom is 0.200 e. The minimum Gasteiger partial charge on any atom is -0.416 e. The Bertz CT molecular complexity index is 169. The Balaban J connectivity index is 4.38. The van der Waals surface area contributed by atoms with Crippen LogP contribution in [-0.4, -0.2) is 26.6 Å². The van der Waals surface area contributed by atoms with Gasteiger partial charge in [-0.2, -0.15) is 0 Å². The third kappa shape index (κ3) is 4.72. The molecule has 0 spiro atoms. The van der Waals surface area contributed by atoms with E-state index in [0.717, 1.165) is 25.9 Å². The van der Waals surface area contributed by atoms with E-state index in [2.05, 4.69) is 41.5 Å². The fourth-order valence-electron chi connectivity index (χ4n) is 3.14. The number of rotatable bonds is 9. The number of aliphatic hydroxyl groups is 1. The van der Waals surface area contributed by atoms with E-state index in [1.165, 1.54) is 0 Å². The van der Waals surface area contributed by atoms with E-state index in [1.54, 1.807) is 0 Å². The predicted molar refractivity (Wildman–Crippen MR) is 77.9 cm³/mol. The van der Waals surface area contributed by atoms with Crippen LogP contribution in [-0.2, 0) is 4.43 Å². The van der Waals surface area contributed by atoms with Crippen LogP contribution in [0.3, 0.4) is 0 Å². The molecule has 0 amide bonds.